The van der Waals surface area contributed by atoms with Gasteiger partial charge in [-0.25, -0.2) is 13.9 Å². The van der Waals surface area contributed by atoms with E-state index in [-0.39, 0.29) is 17.8 Å². The van der Waals surface area contributed by atoms with Gasteiger partial charge in [0.05, 0.1) is 16.7 Å². The summed E-state index contributed by atoms with van der Waals surface area (Å²) in [5.74, 6) is -0.402. The molecule has 1 aromatic carbocycles. The van der Waals surface area contributed by atoms with Crippen molar-refractivity contribution in [2.45, 2.75) is 18.9 Å². The van der Waals surface area contributed by atoms with Crippen LogP contribution in [0.5, 0.6) is 0 Å². The largest absolute Gasteiger partial charge is 0.331 e. The van der Waals surface area contributed by atoms with Gasteiger partial charge in [-0.2, -0.15) is 5.10 Å². The van der Waals surface area contributed by atoms with Gasteiger partial charge in [-0.15, -0.1) is 0 Å². The number of likely N-dealkylation sites (tertiary alicyclic amines) is 1. The molecular formula is C17H14BrFN4O. The van der Waals surface area contributed by atoms with Crippen molar-refractivity contribution in [3.05, 3.63) is 64.3 Å². The topological polar surface area (TPSA) is 50.5 Å². The van der Waals surface area contributed by atoms with Gasteiger partial charge in [0.2, 0.25) is 0 Å². The molecule has 0 spiro atoms. The van der Waals surface area contributed by atoms with Crippen molar-refractivity contribution in [2.24, 2.45) is 0 Å². The van der Waals surface area contributed by atoms with Gasteiger partial charge in [-0.3, -0.25) is 4.79 Å². The molecule has 24 heavy (non-hydrogen) atoms. The van der Waals surface area contributed by atoms with Crippen LogP contribution in [0.3, 0.4) is 0 Å². The molecule has 0 unspecified atom stereocenters. The summed E-state index contributed by atoms with van der Waals surface area (Å²) in [6.07, 6.45) is 6.66. The van der Waals surface area contributed by atoms with Crippen LogP contribution < -0.4 is 0 Å². The van der Waals surface area contributed by atoms with Crippen molar-refractivity contribution in [1.29, 1.82) is 0 Å². The average molecular weight is 389 g/mol. The van der Waals surface area contributed by atoms with Crippen molar-refractivity contribution in [3.8, 4) is 0 Å². The molecule has 4 rings (SSSR count). The lowest BCUT2D eigenvalue weighted by molar-refractivity contribution is 0.0737. The highest BCUT2D eigenvalue weighted by atomic mass is 79.9. The fourth-order valence-corrected chi connectivity index (χ4v) is 3.52. The monoisotopic (exact) mass is 388 g/mol. The highest BCUT2D eigenvalue weighted by Crippen LogP contribution is 2.33. The van der Waals surface area contributed by atoms with Gasteiger partial charge in [0.1, 0.15) is 11.4 Å². The smallest absolute Gasteiger partial charge is 0.259 e. The molecule has 0 radical (unpaired) electrons. The summed E-state index contributed by atoms with van der Waals surface area (Å²) >= 11 is 3.34. The Hall–Kier alpha value is -2.28. The molecule has 3 heterocycles. The van der Waals surface area contributed by atoms with E-state index in [1.54, 1.807) is 27.9 Å². The van der Waals surface area contributed by atoms with E-state index in [4.69, 9.17) is 0 Å². The van der Waals surface area contributed by atoms with Crippen LogP contribution in [0.4, 0.5) is 4.39 Å². The van der Waals surface area contributed by atoms with Crippen molar-refractivity contribution in [1.82, 2.24) is 19.5 Å². The van der Waals surface area contributed by atoms with E-state index in [1.165, 1.54) is 18.3 Å². The molecule has 2 aromatic heterocycles. The molecule has 1 atom stereocenters. The van der Waals surface area contributed by atoms with Crippen LogP contribution in [0, 0.1) is 5.82 Å². The number of carbonyl (C=O) groups excluding carboxylic acids is 1. The van der Waals surface area contributed by atoms with Gasteiger partial charge in [-0.05, 0) is 46.5 Å². The SMILES string of the molecule is O=C(c1cnn2cc(Br)cnc12)N1CCC[C@@H]1c1cccc(F)c1. The molecule has 0 bridgehead atoms. The van der Waals surface area contributed by atoms with Crippen molar-refractivity contribution in [2.75, 3.05) is 6.54 Å². The number of rotatable bonds is 2. The maximum atomic E-state index is 13.5. The molecule has 3 aromatic rings. The zero-order chi connectivity index (χ0) is 16.7. The van der Waals surface area contributed by atoms with E-state index in [0.717, 1.165) is 22.9 Å². The molecule has 0 saturated carbocycles. The Labute approximate surface area is 146 Å². The Morgan fingerprint density at radius 2 is 2.21 bits per heavy atom. The Morgan fingerprint density at radius 1 is 1.33 bits per heavy atom. The number of aromatic nitrogens is 3. The van der Waals surface area contributed by atoms with E-state index in [2.05, 4.69) is 26.0 Å². The summed E-state index contributed by atoms with van der Waals surface area (Å²) in [4.78, 5) is 19.1. The number of hydrogen-bond acceptors (Lipinski definition) is 3. The molecular weight excluding hydrogens is 375 g/mol. The molecule has 122 valence electrons. The minimum Gasteiger partial charge on any atom is -0.331 e. The van der Waals surface area contributed by atoms with E-state index in [0.29, 0.717) is 17.8 Å². The van der Waals surface area contributed by atoms with Crippen LogP contribution in [-0.4, -0.2) is 31.9 Å². The third kappa shape index (κ3) is 2.58. The van der Waals surface area contributed by atoms with Gasteiger partial charge >= 0.3 is 0 Å². The second-order valence-electron chi connectivity index (χ2n) is 5.81. The van der Waals surface area contributed by atoms with Crippen molar-refractivity contribution < 1.29 is 9.18 Å². The summed E-state index contributed by atoms with van der Waals surface area (Å²) in [6, 6.07) is 6.35. The molecule has 5 nitrogen and oxygen atoms in total. The molecule has 1 aliphatic rings. The van der Waals surface area contributed by atoms with E-state index in [9.17, 15) is 9.18 Å². The van der Waals surface area contributed by atoms with Crippen LogP contribution in [0.2, 0.25) is 0 Å². The van der Waals surface area contributed by atoms with Crippen LogP contribution in [0.15, 0.2) is 47.3 Å². The first-order valence-electron chi connectivity index (χ1n) is 7.69. The van der Waals surface area contributed by atoms with Crippen LogP contribution in [0.25, 0.3) is 5.65 Å². The first kappa shape index (κ1) is 15.3. The highest BCUT2D eigenvalue weighted by molar-refractivity contribution is 9.10. The number of carbonyl (C=O) groups is 1. The molecule has 1 amide bonds. The van der Waals surface area contributed by atoms with Gasteiger partial charge in [-0.1, -0.05) is 12.1 Å². The quantitative estimate of drug-likeness (QED) is 0.673. The fourth-order valence-electron chi connectivity index (χ4n) is 3.23. The number of benzene rings is 1. The second-order valence-corrected chi connectivity index (χ2v) is 6.73. The van der Waals surface area contributed by atoms with Gasteiger partial charge in [0, 0.05) is 18.9 Å². The zero-order valence-corrected chi connectivity index (χ0v) is 14.3. The molecule has 0 N–H and O–H groups in total. The van der Waals surface area contributed by atoms with Gasteiger partial charge in [0.15, 0.2) is 5.65 Å². The van der Waals surface area contributed by atoms with E-state index < -0.39 is 0 Å². The van der Waals surface area contributed by atoms with Crippen LogP contribution >= 0.6 is 15.9 Å². The van der Waals surface area contributed by atoms with Gasteiger partial charge < -0.3 is 4.90 Å². The molecule has 1 aliphatic heterocycles. The van der Waals surface area contributed by atoms with Crippen LogP contribution in [-0.2, 0) is 0 Å². The van der Waals surface area contributed by atoms with Crippen molar-refractivity contribution in [3.63, 3.8) is 0 Å². The Bertz CT molecular complexity index is 926. The Kier molecular flexibility index (Phi) is 3.80. The predicted molar refractivity (Wildman–Crippen MR) is 90.1 cm³/mol. The Balaban J connectivity index is 1.70. The lowest BCUT2D eigenvalue weighted by Crippen LogP contribution is -2.30. The standard InChI is InChI=1S/C17H14BrFN4O/c18-12-8-20-16-14(9-21-23(16)10-12)17(24)22-6-2-5-15(22)11-3-1-4-13(19)7-11/h1,3-4,7-10,15H,2,5-6H2/t15-/m1/s1. The second kappa shape index (κ2) is 5.98. The minimum absolute atomic E-state index is 0.112. The van der Waals surface area contributed by atoms with Gasteiger partial charge in [0.25, 0.3) is 5.91 Å². The lowest BCUT2D eigenvalue weighted by atomic mass is 10.0. The summed E-state index contributed by atoms with van der Waals surface area (Å²) < 4.78 is 15.9. The van der Waals surface area contributed by atoms with Crippen molar-refractivity contribution >= 4 is 27.5 Å². The number of halogens is 2. The maximum Gasteiger partial charge on any atom is 0.259 e. The number of nitrogens with zero attached hydrogens (tertiary/aromatic N) is 4. The first-order valence-corrected chi connectivity index (χ1v) is 8.48. The summed E-state index contributed by atoms with van der Waals surface area (Å²) in [6.45, 7) is 0.647. The summed E-state index contributed by atoms with van der Waals surface area (Å²) in [5, 5.41) is 4.20. The third-order valence-corrected chi connectivity index (χ3v) is 4.71. The molecule has 1 fully saturated rings. The van der Waals surface area contributed by atoms with E-state index >= 15 is 0 Å². The number of amides is 1. The Morgan fingerprint density at radius 3 is 3.04 bits per heavy atom. The summed E-state index contributed by atoms with van der Waals surface area (Å²) in [5.41, 5.74) is 1.81. The summed E-state index contributed by atoms with van der Waals surface area (Å²) in [7, 11) is 0. The predicted octanol–water partition coefficient (Wildman–Crippen LogP) is 3.61. The first-order chi connectivity index (χ1) is 11.6. The maximum absolute atomic E-state index is 13.5. The highest BCUT2D eigenvalue weighted by Gasteiger charge is 2.32. The number of hydrogen-bond donors (Lipinski definition) is 0. The lowest BCUT2D eigenvalue weighted by Gasteiger charge is -2.24. The molecule has 7 heteroatoms. The fraction of sp³-hybridized carbons (Fsp3) is 0.235. The van der Waals surface area contributed by atoms with Crippen LogP contribution in [0.1, 0.15) is 34.8 Å². The number of fused-ring (bicyclic) bond motifs is 1. The average Bonchev–Trinajstić information content (AvgIpc) is 3.20. The third-order valence-electron chi connectivity index (χ3n) is 4.30. The molecule has 1 saturated heterocycles. The minimum atomic E-state index is -0.283. The van der Waals surface area contributed by atoms with E-state index in [1.807, 2.05) is 6.07 Å². The normalized spacial score (nSPS) is 17.6. The molecule has 0 aliphatic carbocycles. The zero-order valence-electron chi connectivity index (χ0n) is 12.7.